The second-order valence-electron chi connectivity index (χ2n) is 4.86. The molecule has 1 aliphatic carbocycles. The lowest BCUT2D eigenvalue weighted by Crippen LogP contribution is -2.42. The van der Waals surface area contributed by atoms with Crippen molar-refractivity contribution in [1.82, 2.24) is 10.0 Å². The van der Waals surface area contributed by atoms with Crippen molar-refractivity contribution in [3.8, 4) is 0 Å². The highest BCUT2D eigenvalue weighted by molar-refractivity contribution is 7.90. The highest BCUT2D eigenvalue weighted by atomic mass is 32.2. The minimum absolute atomic E-state index is 0.0709. The van der Waals surface area contributed by atoms with Gasteiger partial charge in [0.25, 0.3) is 0 Å². The van der Waals surface area contributed by atoms with E-state index in [1.54, 1.807) is 6.92 Å². The van der Waals surface area contributed by atoms with Crippen LogP contribution in [0.25, 0.3) is 0 Å². The van der Waals surface area contributed by atoms with Crippen molar-refractivity contribution < 1.29 is 8.42 Å². The van der Waals surface area contributed by atoms with Crippen LogP contribution in [0.3, 0.4) is 0 Å². The van der Waals surface area contributed by atoms with Crippen LogP contribution in [0.5, 0.6) is 0 Å². The van der Waals surface area contributed by atoms with E-state index in [9.17, 15) is 8.42 Å². The molecule has 2 N–H and O–H groups in total. The summed E-state index contributed by atoms with van der Waals surface area (Å²) in [6, 6.07) is 0.0709. The average Bonchev–Trinajstić information content (AvgIpc) is 2.96. The number of hydrogen-bond acceptors (Lipinski definition) is 3. The first-order valence-corrected chi connectivity index (χ1v) is 7.72. The molecule has 1 saturated carbocycles. The van der Waals surface area contributed by atoms with Gasteiger partial charge in [-0.25, -0.2) is 13.1 Å². The summed E-state index contributed by atoms with van der Waals surface area (Å²) in [5.74, 6) is 0.752. The molecule has 1 aliphatic rings. The number of rotatable bonds is 8. The Morgan fingerprint density at radius 2 is 1.94 bits per heavy atom. The van der Waals surface area contributed by atoms with Gasteiger partial charge in [-0.1, -0.05) is 19.8 Å². The number of sulfonamides is 1. The molecule has 2 atom stereocenters. The number of hydrogen-bond donors (Lipinski definition) is 2. The normalized spacial score (nSPS) is 20.7. The third-order valence-electron chi connectivity index (χ3n) is 2.96. The van der Waals surface area contributed by atoms with Gasteiger partial charge in [0, 0.05) is 12.6 Å². The minimum atomic E-state index is -3.16. The predicted molar refractivity (Wildman–Crippen MR) is 66.9 cm³/mol. The lowest BCUT2D eigenvalue weighted by Gasteiger charge is -2.18. The fraction of sp³-hybridized carbons (Fsp3) is 1.00. The van der Waals surface area contributed by atoms with Gasteiger partial charge in [0.2, 0.25) is 10.0 Å². The summed E-state index contributed by atoms with van der Waals surface area (Å²) in [4.78, 5) is 0. The van der Waals surface area contributed by atoms with Crippen LogP contribution in [0, 0.1) is 5.92 Å². The molecule has 0 bridgehead atoms. The Morgan fingerprint density at radius 3 is 2.44 bits per heavy atom. The van der Waals surface area contributed by atoms with E-state index in [-0.39, 0.29) is 11.3 Å². The van der Waals surface area contributed by atoms with Crippen LogP contribution in [0.4, 0.5) is 0 Å². The zero-order valence-electron chi connectivity index (χ0n) is 10.5. The third-order valence-corrected chi connectivity index (χ3v) is 4.92. The van der Waals surface area contributed by atoms with Crippen LogP contribution < -0.4 is 10.0 Å². The molecule has 1 fully saturated rings. The summed E-state index contributed by atoms with van der Waals surface area (Å²) in [7, 11) is -3.16. The Morgan fingerprint density at radius 1 is 1.31 bits per heavy atom. The Hall–Kier alpha value is -0.130. The van der Waals surface area contributed by atoms with Crippen LogP contribution in [0.15, 0.2) is 0 Å². The van der Waals surface area contributed by atoms with Crippen LogP contribution in [0.2, 0.25) is 0 Å². The predicted octanol–water partition coefficient (Wildman–Crippen LogP) is 1.09. The smallest absolute Gasteiger partial charge is 0.215 e. The summed E-state index contributed by atoms with van der Waals surface area (Å²) in [5, 5.41) is 2.69. The summed E-state index contributed by atoms with van der Waals surface area (Å²) in [6.45, 7) is 6.99. The van der Waals surface area contributed by atoms with Crippen molar-refractivity contribution in [3.05, 3.63) is 0 Å². The Bertz CT molecular complexity index is 299. The average molecular weight is 248 g/mol. The van der Waals surface area contributed by atoms with Gasteiger partial charge in [0.05, 0.1) is 5.25 Å². The molecule has 0 spiro atoms. The highest BCUT2D eigenvalue weighted by Gasteiger charge is 2.27. The van der Waals surface area contributed by atoms with Crippen molar-refractivity contribution in [2.75, 3.05) is 13.1 Å². The molecule has 0 saturated heterocycles. The fourth-order valence-electron chi connectivity index (χ4n) is 1.76. The molecular formula is C11H24N2O2S. The first kappa shape index (κ1) is 13.9. The Balaban J connectivity index is 2.36. The maximum absolute atomic E-state index is 11.9. The monoisotopic (exact) mass is 248 g/mol. The largest absolute Gasteiger partial charge is 0.316 e. The van der Waals surface area contributed by atoms with Crippen molar-refractivity contribution in [3.63, 3.8) is 0 Å². The molecule has 5 heteroatoms. The van der Waals surface area contributed by atoms with Gasteiger partial charge < -0.3 is 5.32 Å². The van der Waals surface area contributed by atoms with E-state index in [0.717, 1.165) is 18.9 Å². The third kappa shape index (κ3) is 4.80. The fourth-order valence-corrected chi connectivity index (χ4v) is 2.98. The quantitative estimate of drug-likeness (QED) is 0.676. The molecule has 4 nitrogen and oxygen atoms in total. The maximum atomic E-state index is 11.9. The van der Waals surface area contributed by atoms with E-state index >= 15 is 0 Å². The van der Waals surface area contributed by atoms with Gasteiger partial charge in [-0.05, 0) is 32.7 Å². The van der Waals surface area contributed by atoms with Crippen LogP contribution in [-0.4, -0.2) is 32.8 Å². The molecule has 0 aromatic rings. The van der Waals surface area contributed by atoms with Crippen molar-refractivity contribution in [1.29, 1.82) is 0 Å². The van der Waals surface area contributed by atoms with Crippen molar-refractivity contribution >= 4 is 10.0 Å². The lowest BCUT2D eigenvalue weighted by molar-refractivity contribution is 0.518. The van der Waals surface area contributed by atoms with E-state index in [1.165, 1.54) is 12.8 Å². The van der Waals surface area contributed by atoms with Crippen LogP contribution >= 0.6 is 0 Å². The van der Waals surface area contributed by atoms with E-state index < -0.39 is 10.0 Å². The molecule has 0 aromatic heterocycles. The molecule has 16 heavy (non-hydrogen) atoms. The van der Waals surface area contributed by atoms with Crippen molar-refractivity contribution in [2.45, 2.75) is 51.3 Å². The SMILES string of the molecule is CCNCC(C)S(=O)(=O)NC(C)CC1CC1. The van der Waals surface area contributed by atoms with Crippen LogP contribution in [-0.2, 0) is 10.0 Å². The Kier molecular flexibility index (Phi) is 5.21. The number of nitrogens with one attached hydrogen (secondary N) is 2. The first-order chi connectivity index (χ1) is 7.45. The van der Waals surface area contributed by atoms with E-state index in [2.05, 4.69) is 10.0 Å². The second kappa shape index (κ2) is 5.98. The van der Waals surface area contributed by atoms with Gasteiger partial charge in [-0.15, -0.1) is 0 Å². The maximum Gasteiger partial charge on any atom is 0.215 e. The second-order valence-corrected chi connectivity index (χ2v) is 6.99. The lowest BCUT2D eigenvalue weighted by atomic mass is 10.2. The Labute approximate surface area is 99.2 Å². The van der Waals surface area contributed by atoms with Gasteiger partial charge in [-0.2, -0.15) is 0 Å². The molecule has 0 amide bonds. The first-order valence-electron chi connectivity index (χ1n) is 6.17. The van der Waals surface area contributed by atoms with Gasteiger partial charge in [-0.3, -0.25) is 0 Å². The topological polar surface area (TPSA) is 58.2 Å². The molecule has 0 aliphatic heterocycles. The molecule has 0 radical (unpaired) electrons. The molecule has 2 unspecified atom stereocenters. The zero-order valence-corrected chi connectivity index (χ0v) is 11.3. The van der Waals surface area contributed by atoms with Crippen molar-refractivity contribution in [2.24, 2.45) is 5.92 Å². The summed E-state index contributed by atoms with van der Waals surface area (Å²) >= 11 is 0. The summed E-state index contributed by atoms with van der Waals surface area (Å²) in [6.07, 6.45) is 3.51. The molecule has 0 heterocycles. The van der Waals surface area contributed by atoms with E-state index in [0.29, 0.717) is 6.54 Å². The zero-order chi connectivity index (χ0) is 12.2. The summed E-state index contributed by atoms with van der Waals surface area (Å²) < 4.78 is 26.6. The molecule has 0 aromatic carbocycles. The van der Waals surface area contributed by atoms with Gasteiger partial charge in [0.1, 0.15) is 0 Å². The van der Waals surface area contributed by atoms with Crippen LogP contribution in [0.1, 0.15) is 40.0 Å². The highest BCUT2D eigenvalue weighted by Crippen LogP contribution is 2.33. The minimum Gasteiger partial charge on any atom is -0.316 e. The standard InChI is InChI=1S/C11H24N2O2S/c1-4-12-8-10(3)16(14,15)13-9(2)7-11-5-6-11/h9-13H,4-8H2,1-3H3. The molecule has 96 valence electrons. The van der Waals surface area contributed by atoms with E-state index in [1.807, 2.05) is 13.8 Å². The molecular weight excluding hydrogens is 224 g/mol. The summed E-state index contributed by atoms with van der Waals surface area (Å²) in [5.41, 5.74) is 0. The molecule has 1 rings (SSSR count). The van der Waals surface area contributed by atoms with Gasteiger partial charge in [0.15, 0.2) is 0 Å². The van der Waals surface area contributed by atoms with E-state index in [4.69, 9.17) is 0 Å². The van der Waals surface area contributed by atoms with Gasteiger partial charge >= 0.3 is 0 Å².